The number of carbonyl (C=O) groups excluding carboxylic acids is 1. The number of nitrogens with one attached hydrogen (secondary N) is 2. The van der Waals surface area contributed by atoms with E-state index in [1.807, 2.05) is 67.1 Å². The number of H-pyrrole nitrogens is 1. The van der Waals surface area contributed by atoms with Gasteiger partial charge in [0.25, 0.3) is 11.5 Å². The van der Waals surface area contributed by atoms with Crippen molar-refractivity contribution in [2.45, 2.75) is 52.0 Å². The Morgan fingerprint density at radius 2 is 1.88 bits per heavy atom. The molecule has 1 aliphatic rings. The van der Waals surface area contributed by atoms with Crippen molar-refractivity contribution < 1.29 is 4.79 Å². The summed E-state index contributed by atoms with van der Waals surface area (Å²) in [5.41, 5.74) is 12.3. The van der Waals surface area contributed by atoms with Gasteiger partial charge in [0.2, 0.25) is 0 Å². The number of hydrogen-bond donors (Lipinski definition) is 3. The van der Waals surface area contributed by atoms with Crippen LogP contribution in [0, 0.1) is 13.8 Å². The highest BCUT2D eigenvalue weighted by molar-refractivity contribution is 5.95. The van der Waals surface area contributed by atoms with Crippen molar-refractivity contribution in [1.82, 2.24) is 20.1 Å². The minimum atomic E-state index is -0.198. The fourth-order valence-electron chi connectivity index (χ4n) is 5.02. The van der Waals surface area contributed by atoms with Crippen LogP contribution in [0.1, 0.15) is 64.2 Å². The predicted octanol–water partition coefficient (Wildman–Crippen LogP) is 4.50. The van der Waals surface area contributed by atoms with E-state index in [4.69, 9.17) is 5.73 Å². The van der Waals surface area contributed by atoms with Crippen LogP contribution in [0.15, 0.2) is 53.5 Å². The summed E-state index contributed by atoms with van der Waals surface area (Å²) in [5.74, 6) is 0.593. The molecule has 2 heterocycles. The monoisotopic (exact) mass is 455 g/mol. The summed E-state index contributed by atoms with van der Waals surface area (Å²) in [6.07, 6.45) is 6.57. The van der Waals surface area contributed by atoms with Crippen molar-refractivity contribution in [1.29, 1.82) is 0 Å². The van der Waals surface area contributed by atoms with Crippen molar-refractivity contribution in [2.24, 2.45) is 0 Å². The number of aryl methyl sites for hydroxylation is 2. The molecule has 0 saturated heterocycles. The molecule has 4 N–H and O–H groups in total. The molecule has 1 amide bonds. The molecule has 0 radical (unpaired) electrons. The lowest BCUT2D eigenvalue weighted by molar-refractivity contribution is 0.0950. The Labute approximate surface area is 198 Å². The fraction of sp³-hybridized carbons (Fsp3) is 0.296. The van der Waals surface area contributed by atoms with E-state index in [0.717, 1.165) is 40.8 Å². The first-order valence-corrected chi connectivity index (χ1v) is 11.8. The van der Waals surface area contributed by atoms with E-state index >= 15 is 0 Å². The highest BCUT2D eigenvalue weighted by atomic mass is 16.1. The second-order valence-corrected chi connectivity index (χ2v) is 9.26. The number of benzene rings is 2. The third-order valence-corrected chi connectivity index (χ3v) is 6.88. The van der Waals surface area contributed by atoms with Gasteiger partial charge >= 0.3 is 0 Å². The summed E-state index contributed by atoms with van der Waals surface area (Å²) in [4.78, 5) is 25.3. The van der Waals surface area contributed by atoms with E-state index < -0.39 is 0 Å². The summed E-state index contributed by atoms with van der Waals surface area (Å²) in [6.45, 7) is 4.35. The SMILES string of the molecule is Cc1ccc(C)c(C(=O)NCc2ccc(-n3cc(C4CCCC4)c4c(=O)[nH]nc(N)c43)cc2)c1. The average Bonchev–Trinajstić information content (AvgIpc) is 3.50. The van der Waals surface area contributed by atoms with Crippen LogP contribution in [0.25, 0.3) is 16.6 Å². The lowest BCUT2D eigenvalue weighted by Crippen LogP contribution is -2.23. The lowest BCUT2D eigenvalue weighted by Gasteiger charge is -2.10. The summed E-state index contributed by atoms with van der Waals surface area (Å²) in [5, 5.41) is 10.2. The highest BCUT2D eigenvalue weighted by Crippen LogP contribution is 2.39. The van der Waals surface area contributed by atoms with Crippen LogP contribution in [-0.2, 0) is 6.54 Å². The van der Waals surface area contributed by atoms with Crippen molar-refractivity contribution in [2.75, 3.05) is 5.73 Å². The van der Waals surface area contributed by atoms with Gasteiger partial charge in [-0.2, -0.15) is 5.10 Å². The van der Waals surface area contributed by atoms with Crippen molar-refractivity contribution in [3.05, 3.63) is 86.8 Å². The predicted molar refractivity (Wildman–Crippen MR) is 134 cm³/mol. The average molecular weight is 456 g/mol. The first kappa shape index (κ1) is 21.9. The van der Waals surface area contributed by atoms with Gasteiger partial charge in [-0.05, 0) is 67.5 Å². The number of nitrogens with zero attached hydrogens (tertiary/aromatic N) is 2. The van der Waals surface area contributed by atoms with Gasteiger partial charge in [-0.15, -0.1) is 0 Å². The lowest BCUT2D eigenvalue weighted by atomic mass is 9.98. The molecule has 0 bridgehead atoms. The Balaban J connectivity index is 1.42. The minimum Gasteiger partial charge on any atom is -0.381 e. The van der Waals surface area contributed by atoms with Gasteiger partial charge < -0.3 is 15.6 Å². The van der Waals surface area contributed by atoms with Crippen LogP contribution in [0.3, 0.4) is 0 Å². The zero-order valence-electron chi connectivity index (χ0n) is 19.5. The Morgan fingerprint density at radius 3 is 2.62 bits per heavy atom. The number of rotatable bonds is 5. The van der Waals surface area contributed by atoms with Crippen LogP contribution in [0.5, 0.6) is 0 Å². The normalized spacial score (nSPS) is 14.1. The molecule has 0 atom stereocenters. The van der Waals surface area contributed by atoms with Crippen LogP contribution in [-0.4, -0.2) is 20.7 Å². The minimum absolute atomic E-state index is 0.0824. The van der Waals surface area contributed by atoms with Crippen LogP contribution in [0.4, 0.5) is 5.82 Å². The van der Waals surface area contributed by atoms with E-state index in [1.165, 1.54) is 12.8 Å². The fourth-order valence-corrected chi connectivity index (χ4v) is 5.02. The standard InChI is InChI=1S/C27H29N5O2/c1-16-7-8-17(2)21(13-16)26(33)29-14-18-9-11-20(12-10-18)32-15-22(19-5-3-4-6-19)23-24(32)25(28)30-31-27(23)34/h7-13,15,19H,3-6,14H2,1-2H3,(H2,28,30)(H,29,33)(H,31,34). The molecule has 1 aliphatic carbocycles. The zero-order chi connectivity index (χ0) is 23.8. The number of hydrogen-bond acceptors (Lipinski definition) is 4. The van der Waals surface area contributed by atoms with Crippen molar-refractivity contribution in [3.63, 3.8) is 0 Å². The number of nitrogens with two attached hydrogens (primary N) is 1. The van der Waals surface area contributed by atoms with Gasteiger partial charge in [0.05, 0.1) is 5.39 Å². The Morgan fingerprint density at radius 1 is 1.15 bits per heavy atom. The molecule has 1 fully saturated rings. The maximum Gasteiger partial charge on any atom is 0.274 e. The molecule has 0 aliphatic heterocycles. The summed E-state index contributed by atoms with van der Waals surface area (Å²) < 4.78 is 1.97. The molecule has 7 nitrogen and oxygen atoms in total. The number of aromatic nitrogens is 3. The molecule has 0 spiro atoms. The third-order valence-electron chi connectivity index (χ3n) is 6.88. The molecule has 4 aromatic rings. The first-order chi connectivity index (χ1) is 16.4. The van der Waals surface area contributed by atoms with Crippen LogP contribution in [0.2, 0.25) is 0 Å². The Bertz CT molecular complexity index is 1430. The van der Waals surface area contributed by atoms with E-state index in [-0.39, 0.29) is 11.5 Å². The Hall–Kier alpha value is -3.87. The molecule has 1 saturated carbocycles. The van der Waals surface area contributed by atoms with E-state index in [9.17, 15) is 9.59 Å². The second kappa shape index (κ2) is 8.82. The quantitative estimate of drug-likeness (QED) is 0.412. The van der Waals surface area contributed by atoms with E-state index in [2.05, 4.69) is 15.5 Å². The topological polar surface area (TPSA) is 106 Å². The Kier molecular flexibility index (Phi) is 5.69. The molecular weight excluding hydrogens is 426 g/mol. The molecule has 2 aromatic heterocycles. The number of carbonyl (C=O) groups is 1. The molecule has 2 aromatic carbocycles. The third kappa shape index (κ3) is 3.98. The number of fused-ring (bicyclic) bond motifs is 1. The van der Waals surface area contributed by atoms with Gasteiger partial charge in [0.15, 0.2) is 5.82 Å². The molecular formula is C27H29N5O2. The maximum atomic E-state index is 12.7. The largest absolute Gasteiger partial charge is 0.381 e. The van der Waals surface area contributed by atoms with Gasteiger partial charge in [-0.25, -0.2) is 5.10 Å². The highest BCUT2D eigenvalue weighted by Gasteiger charge is 2.25. The second-order valence-electron chi connectivity index (χ2n) is 9.26. The van der Waals surface area contributed by atoms with Crippen LogP contribution >= 0.6 is 0 Å². The van der Waals surface area contributed by atoms with Gasteiger partial charge in [-0.1, -0.05) is 42.7 Å². The smallest absolute Gasteiger partial charge is 0.274 e. The van der Waals surface area contributed by atoms with E-state index in [0.29, 0.717) is 34.7 Å². The molecule has 7 heteroatoms. The molecule has 174 valence electrons. The molecule has 0 unspecified atom stereocenters. The van der Waals surface area contributed by atoms with E-state index in [1.54, 1.807) is 0 Å². The molecule has 5 rings (SSSR count). The van der Waals surface area contributed by atoms with Crippen molar-refractivity contribution >= 4 is 22.6 Å². The number of amides is 1. The zero-order valence-corrected chi connectivity index (χ0v) is 19.5. The van der Waals surface area contributed by atoms with Gasteiger partial charge in [-0.3, -0.25) is 9.59 Å². The maximum absolute atomic E-state index is 12.7. The summed E-state index contributed by atoms with van der Waals surface area (Å²) in [7, 11) is 0. The number of anilines is 1. The van der Waals surface area contributed by atoms with Gasteiger partial charge in [0, 0.05) is 24.0 Å². The first-order valence-electron chi connectivity index (χ1n) is 11.8. The molecule has 34 heavy (non-hydrogen) atoms. The van der Waals surface area contributed by atoms with Crippen molar-refractivity contribution in [3.8, 4) is 5.69 Å². The summed E-state index contributed by atoms with van der Waals surface area (Å²) >= 11 is 0. The number of aromatic amines is 1. The van der Waals surface area contributed by atoms with Gasteiger partial charge in [0.1, 0.15) is 5.52 Å². The summed E-state index contributed by atoms with van der Waals surface area (Å²) in [6, 6.07) is 13.8. The van der Waals surface area contributed by atoms with Crippen LogP contribution < -0.4 is 16.6 Å². The number of nitrogen functional groups attached to an aromatic ring is 1.